The van der Waals surface area contributed by atoms with Gasteiger partial charge in [0.1, 0.15) is 0 Å². The van der Waals surface area contributed by atoms with E-state index < -0.39 is 0 Å². The first kappa shape index (κ1) is 19.9. The quantitative estimate of drug-likeness (QED) is 0.317. The molecule has 0 spiro atoms. The van der Waals surface area contributed by atoms with E-state index in [1.807, 2.05) is 0 Å². The summed E-state index contributed by atoms with van der Waals surface area (Å²) in [5.41, 5.74) is 3.97. The summed E-state index contributed by atoms with van der Waals surface area (Å²) in [6.45, 7) is 2.16. The minimum absolute atomic E-state index is 0. The average molecular weight is 374 g/mol. The van der Waals surface area contributed by atoms with Crippen LogP contribution in [0.5, 0.6) is 0 Å². The molecule has 0 aliphatic heterocycles. The van der Waals surface area contributed by atoms with Gasteiger partial charge in [-0.2, -0.15) is 6.07 Å². The van der Waals surface area contributed by atoms with Gasteiger partial charge in [-0.15, -0.1) is 34.5 Å². The van der Waals surface area contributed by atoms with E-state index in [4.69, 9.17) is 0 Å². The van der Waals surface area contributed by atoms with Crippen LogP contribution in [0.3, 0.4) is 0 Å². The van der Waals surface area contributed by atoms with Gasteiger partial charge in [0.25, 0.3) is 0 Å². The van der Waals surface area contributed by atoms with Crippen molar-refractivity contribution in [2.75, 3.05) is 0 Å². The van der Waals surface area contributed by atoms with Crippen LogP contribution in [0.1, 0.15) is 5.56 Å². The van der Waals surface area contributed by atoms with Crippen molar-refractivity contribution in [3.8, 4) is 11.1 Å². The van der Waals surface area contributed by atoms with Gasteiger partial charge in [0, 0.05) is 0 Å². The van der Waals surface area contributed by atoms with Crippen molar-refractivity contribution in [2.24, 2.45) is 0 Å². The summed E-state index contributed by atoms with van der Waals surface area (Å²) in [7, 11) is 0. The monoisotopic (exact) mass is 373 g/mol. The number of halogens is 2. The Bertz CT molecular complexity index is 920. The number of fused-ring (bicyclic) bond motifs is 2. The van der Waals surface area contributed by atoms with Gasteiger partial charge >= 0.3 is 21.7 Å². The van der Waals surface area contributed by atoms with E-state index in [2.05, 4.69) is 79.7 Å². The van der Waals surface area contributed by atoms with Gasteiger partial charge in [-0.3, -0.25) is 0 Å². The number of hydrogen-bond donors (Lipinski definition) is 0. The molecule has 4 rings (SSSR count). The SMILES string of the molecule is Cc1cc2c(-c3cccc4ccccc34)cccc2[cH-]1.[Cl-].[Cl-].[Ti+3]. The fourth-order valence-corrected chi connectivity index (χ4v) is 3.08. The Morgan fingerprint density at radius 1 is 0.696 bits per heavy atom. The maximum absolute atomic E-state index is 2.28. The zero-order chi connectivity index (χ0) is 13.5. The Hall–Kier alpha value is -1.18. The fraction of sp³-hybridized carbons (Fsp3) is 0.0500. The first-order chi connectivity index (χ1) is 9.83. The Morgan fingerprint density at radius 2 is 1.30 bits per heavy atom. The van der Waals surface area contributed by atoms with E-state index in [9.17, 15) is 0 Å². The molecular weight excluding hydrogens is 359 g/mol. The summed E-state index contributed by atoms with van der Waals surface area (Å²) in [4.78, 5) is 0. The number of benzene rings is 3. The smallest absolute Gasteiger partial charge is 1.00 e. The minimum Gasteiger partial charge on any atom is -1.00 e. The van der Waals surface area contributed by atoms with E-state index in [1.54, 1.807) is 0 Å². The first-order valence-electron chi connectivity index (χ1n) is 6.97. The second-order valence-electron chi connectivity index (χ2n) is 5.37. The van der Waals surface area contributed by atoms with Crippen LogP contribution in [0.2, 0.25) is 0 Å². The predicted octanol–water partition coefficient (Wildman–Crippen LogP) is -0.307. The van der Waals surface area contributed by atoms with E-state index in [1.165, 1.54) is 38.2 Å². The van der Waals surface area contributed by atoms with Gasteiger partial charge in [0.2, 0.25) is 0 Å². The molecule has 0 atom stereocenters. The second-order valence-corrected chi connectivity index (χ2v) is 5.37. The first-order valence-corrected chi connectivity index (χ1v) is 6.97. The molecule has 0 heterocycles. The van der Waals surface area contributed by atoms with Crippen LogP contribution in [-0.2, 0) is 21.7 Å². The molecule has 0 amide bonds. The molecule has 0 nitrogen and oxygen atoms in total. The molecule has 23 heavy (non-hydrogen) atoms. The minimum atomic E-state index is 0. The number of hydrogen-bond acceptors (Lipinski definition) is 0. The van der Waals surface area contributed by atoms with Crippen LogP contribution < -0.4 is 24.8 Å². The average Bonchev–Trinajstić information content (AvgIpc) is 2.87. The predicted molar refractivity (Wildman–Crippen MR) is 87.2 cm³/mol. The number of aryl methyl sites for hydroxylation is 1. The topological polar surface area (TPSA) is 0 Å². The van der Waals surface area contributed by atoms with Crippen LogP contribution in [0.25, 0.3) is 32.7 Å². The van der Waals surface area contributed by atoms with Crippen LogP contribution in [0.15, 0.2) is 72.8 Å². The van der Waals surface area contributed by atoms with Gasteiger partial charge < -0.3 is 24.8 Å². The van der Waals surface area contributed by atoms with Crippen LogP contribution in [-0.4, -0.2) is 0 Å². The third-order valence-corrected chi connectivity index (χ3v) is 3.97. The zero-order valence-corrected chi connectivity index (χ0v) is 15.8. The summed E-state index contributed by atoms with van der Waals surface area (Å²) >= 11 is 0. The Labute approximate surface area is 164 Å². The van der Waals surface area contributed by atoms with Gasteiger partial charge in [0.05, 0.1) is 0 Å². The van der Waals surface area contributed by atoms with Gasteiger partial charge in [0.15, 0.2) is 0 Å². The van der Waals surface area contributed by atoms with E-state index in [0.29, 0.717) is 0 Å². The molecule has 0 fully saturated rings. The molecule has 0 aromatic heterocycles. The third kappa shape index (κ3) is 3.51. The molecule has 0 saturated carbocycles. The summed E-state index contributed by atoms with van der Waals surface area (Å²) in [5, 5.41) is 5.29. The van der Waals surface area contributed by atoms with Crippen LogP contribution >= 0.6 is 0 Å². The fourth-order valence-electron chi connectivity index (χ4n) is 3.08. The van der Waals surface area contributed by atoms with Crippen molar-refractivity contribution in [1.29, 1.82) is 0 Å². The van der Waals surface area contributed by atoms with E-state index >= 15 is 0 Å². The van der Waals surface area contributed by atoms with Crippen molar-refractivity contribution in [2.45, 2.75) is 6.92 Å². The van der Waals surface area contributed by atoms with Crippen molar-refractivity contribution in [1.82, 2.24) is 0 Å². The van der Waals surface area contributed by atoms with Crippen LogP contribution in [0, 0.1) is 6.92 Å². The summed E-state index contributed by atoms with van der Waals surface area (Å²) in [5.74, 6) is 0. The molecule has 0 unspecified atom stereocenters. The second kappa shape index (κ2) is 8.08. The molecule has 113 valence electrons. The normalized spacial score (nSPS) is 9.78. The van der Waals surface area contributed by atoms with Crippen molar-refractivity contribution < 1.29 is 46.5 Å². The molecule has 0 N–H and O–H groups in total. The summed E-state index contributed by atoms with van der Waals surface area (Å²) < 4.78 is 0. The third-order valence-electron chi connectivity index (χ3n) is 3.97. The molecule has 4 aromatic rings. The molecule has 1 radical (unpaired) electrons. The molecule has 0 aliphatic carbocycles. The summed E-state index contributed by atoms with van der Waals surface area (Å²) in [6.07, 6.45) is 0. The van der Waals surface area contributed by atoms with Crippen molar-refractivity contribution >= 4 is 21.5 Å². The Kier molecular flexibility index (Phi) is 6.98. The van der Waals surface area contributed by atoms with Crippen LogP contribution in [0.4, 0.5) is 0 Å². The van der Waals surface area contributed by atoms with Gasteiger partial charge in [-0.25, -0.2) is 0 Å². The molecule has 3 heteroatoms. The van der Waals surface area contributed by atoms with Gasteiger partial charge in [-0.05, 0) is 16.3 Å². The van der Waals surface area contributed by atoms with E-state index in [-0.39, 0.29) is 46.5 Å². The molecule has 0 bridgehead atoms. The van der Waals surface area contributed by atoms with Crippen molar-refractivity contribution in [3.05, 3.63) is 78.4 Å². The molecule has 0 saturated heterocycles. The van der Waals surface area contributed by atoms with Crippen molar-refractivity contribution in [3.63, 3.8) is 0 Å². The van der Waals surface area contributed by atoms with Gasteiger partial charge in [-0.1, -0.05) is 61.0 Å². The number of rotatable bonds is 1. The molecular formula is C20H15Cl2Ti. The Balaban J connectivity index is 0.000000882. The summed E-state index contributed by atoms with van der Waals surface area (Å²) in [6, 6.07) is 26.2. The Morgan fingerprint density at radius 3 is 2.09 bits per heavy atom. The standard InChI is InChI=1S/C20H15.2ClH.Ti/c1-14-12-16-8-5-11-19(20(16)13-14)18-10-4-7-15-6-2-3-9-17(15)18;;;/h2-13H,1H3;2*1H;/q-1;;;+3/p-2. The zero-order valence-electron chi connectivity index (χ0n) is 12.7. The molecule has 4 aromatic carbocycles. The molecule has 0 aliphatic rings. The maximum Gasteiger partial charge on any atom is 3.00 e. The largest absolute Gasteiger partial charge is 3.00 e. The maximum atomic E-state index is 2.28. The van der Waals surface area contributed by atoms with E-state index in [0.717, 1.165) is 0 Å².